The molecule has 1 saturated heterocycles. The molecule has 1 N–H and O–H groups in total. The van der Waals surface area contributed by atoms with E-state index in [0.717, 1.165) is 28.5 Å². The van der Waals surface area contributed by atoms with Crippen molar-refractivity contribution in [2.24, 2.45) is 0 Å². The lowest BCUT2D eigenvalue weighted by molar-refractivity contribution is 0.0817. The standard InChI is InChI=1S/C13H22N2OS/c1-10-12(13(2,3)16)17-11(14-10)6-9-15-7-4-5-8-15/h16H,4-9H2,1-3H3. The summed E-state index contributed by atoms with van der Waals surface area (Å²) in [6, 6.07) is 0. The Morgan fingerprint density at radius 2 is 2.00 bits per heavy atom. The molecular formula is C13H22N2OS. The van der Waals surface area contributed by atoms with Gasteiger partial charge < -0.3 is 10.0 Å². The Labute approximate surface area is 107 Å². The topological polar surface area (TPSA) is 36.4 Å². The predicted octanol–water partition coefficient (Wildman–Crippen LogP) is 2.32. The van der Waals surface area contributed by atoms with E-state index in [9.17, 15) is 5.11 Å². The molecule has 96 valence electrons. The maximum atomic E-state index is 10.0. The molecule has 2 rings (SSSR count). The SMILES string of the molecule is Cc1nc(CCN2CCCC2)sc1C(C)(C)O. The van der Waals surface area contributed by atoms with Gasteiger partial charge in [0.05, 0.1) is 21.2 Å². The second kappa shape index (κ2) is 5.04. The van der Waals surface area contributed by atoms with Crippen molar-refractivity contribution in [3.8, 4) is 0 Å². The second-order valence-corrected chi connectivity index (χ2v) is 6.46. The summed E-state index contributed by atoms with van der Waals surface area (Å²) in [6.07, 6.45) is 3.69. The van der Waals surface area contributed by atoms with Crippen molar-refractivity contribution >= 4 is 11.3 Å². The molecule has 2 heterocycles. The summed E-state index contributed by atoms with van der Waals surface area (Å²) < 4.78 is 0. The summed E-state index contributed by atoms with van der Waals surface area (Å²) in [5.74, 6) is 0. The van der Waals surface area contributed by atoms with Crippen LogP contribution in [0.2, 0.25) is 0 Å². The van der Waals surface area contributed by atoms with Crippen LogP contribution in [-0.4, -0.2) is 34.6 Å². The fourth-order valence-electron chi connectivity index (χ4n) is 2.39. The van der Waals surface area contributed by atoms with Crippen LogP contribution in [0.5, 0.6) is 0 Å². The van der Waals surface area contributed by atoms with Crippen LogP contribution >= 0.6 is 11.3 Å². The van der Waals surface area contributed by atoms with Crippen LogP contribution in [-0.2, 0) is 12.0 Å². The molecule has 0 aliphatic carbocycles. The second-order valence-electron chi connectivity index (χ2n) is 5.38. The van der Waals surface area contributed by atoms with Gasteiger partial charge in [-0.2, -0.15) is 0 Å². The summed E-state index contributed by atoms with van der Waals surface area (Å²) in [5.41, 5.74) is 0.229. The number of rotatable bonds is 4. The average Bonchev–Trinajstić information content (AvgIpc) is 2.82. The smallest absolute Gasteiger partial charge is 0.0950 e. The van der Waals surface area contributed by atoms with Crippen LogP contribution in [0.1, 0.15) is 42.3 Å². The van der Waals surface area contributed by atoms with E-state index in [1.807, 2.05) is 20.8 Å². The van der Waals surface area contributed by atoms with Gasteiger partial charge in [0, 0.05) is 13.0 Å². The zero-order valence-electron chi connectivity index (χ0n) is 11.0. The number of hydrogen-bond donors (Lipinski definition) is 1. The summed E-state index contributed by atoms with van der Waals surface area (Å²) in [5, 5.41) is 11.2. The number of nitrogens with zero attached hydrogens (tertiary/aromatic N) is 2. The minimum atomic E-state index is -0.756. The fraction of sp³-hybridized carbons (Fsp3) is 0.769. The fourth-order valence-corrected chi connectivity index (χ4v) is 3.44. The third kappa shape index (κ3) is 3.27. The molecule has 1 aliphatic heterocycles. The Balaban J connectivity index is 1.97. The number of aromatic nitrogens is 1. The molecule has 3 nitrogen and oxygen atoms in total. The Hall–Kier alpha value is -0.450. The first kappa shape index (κ1) is 13.0. The first-order valence-electron chi connectivity index (χ1n) is 6.38. The van der Waals surface area contributed by atoms with Gasteiger partial charge in [-0.3, -0.25) is 0 Å². The minimum Gasteiger partial charge on any atom is -0.385 e. The summed E-state index contributed by atoms with van der Waals surface area (Å²) in [7, 11) is 0. The first-order valence-corrected chi connectivity index (χ1v) is 7.20. The Morgan fingerprint density at radius 1 is 1.35 bits per heavy atom. The van der Waals surface area contributed by atoms with E-state index < -0.39 is 5.60 Å². The zero-order chi connectivity index (χ0) is 12.5. The van der Waals surface area contributed by atoms with Crippen molar-refractivity contribution in [3.05, 3.63) is 15.6 Å². The molecule has 1 fully saturated rings. The van der Waals surface area contributed by atoms with E-state index in [2.05, 4.69) is 9.88 Å². The van der Waals surface area contributed by atoms with Gasteiger partial charge in [-0.1, -0.05) is 0 Å². The van der Waals surface area contributed by atoms with Gasteiger partial charge in [0.2, 0.25) is 0 Å². The van der Waals surface area contributed by atoms with E-state index in [1.165, 1.54) is 25.9 Å². The molecule has 0 bridgehead atoms. The molecule has 0 aromatic carbocycles. The van der Waals surface area contributed by atoms with Crippen molar-refractivity contribution < 1.29 is 5.11 Å². The molecule has 0 atom stereocenters. The highest BCUT2D eigenvalue weighted by Crippen LogP contribution is 2.29. The lowest BCUT2D eigenvalue weighted by atomic mass is 10.1. The highest BCUT2D eigenvalue weighted by molar-refractivity contribution is 7.11. The average molecular weight is 254 g/mol. The minimum absolute atomic E-state index is 0.756. The number of thiazole rings is 1. The van der Waals surface area contributed by atoms with Crippen LogP contribution in [0.25, 0.3) is 0 Å². The maximum absolute atomic E-state index is 10.0. The van der Waals surface area contributed by atoms with Gasteiger partial charge >= 0.3 is 0 Å². The molecule has 0 radical (unpaired) electrons. The van der Waals surface area contributed by atoms with Crippen LogP contribution in [0.15, 0.2) is 0 Å². The number of hydrogen-bond acceptors (Lipinski definition) is 4. The number of aryl methyl sites for hydroxylation is 1. The third-order valence-corrected chi connectivity index (χ3v) is 4.77. The molecule has 0 unspecified atom stereocenters. The Bertz CT molecular complexity index is 375. The summed E-state index contributed by atoms with van der Waals surface area (Å²) in [6.45, 7) is 9.24. The highest BCUT2D eigenvalue weighted by atomic mass is 32.1. The van der Waals surface area contributed by atoms with Crippen molar-refractivity contribution in [1.82, 2.24) is 9.88 Å². The lowest BCUT2D eigenvalue weighted by Gasteiger charge is -2.15. The monoisotopic (exact) mass is 254 g/mol. The molecule has 1 aromatic heterocycles. The highest BCUT2D eigenvalue weighted by Gasteiger charge is 2.23. The maximum Gasteiger partial charge on any atom is 0.0950 e. The van der Waals surface area contributed by atoms with Gasteiger partial charge in [-0.25, -0.2) is 4.98 Å². The van der Waals surface area contributed by atoms with E-state index in [-0.39, 0.29) is 0 Å². The first-order chi connectivity index (χ1) is 7.97. The van der Waals surface area contributed by atoms with Crippen LogP contribution in [0, 0.1) is 6.92 Å². The molecule has 4 heteroatoms. The van der Waals surface area contributed by atoms with E-state index in [1.54, 1.807) is 11.3 Å². The van der Waals surface area contributed by atoms with Crippen molar-refractivity contribution in [2.75, 3.05) is 19.6 Å². The van der Waals surface area contributed by atoms with E-state index in [4.69, 9.17) is 0 Å². The molecule has 0 saturated carbocycles. The van der Waals surface area contributed by atoms with Crippen LogP contribution in [0.3, 0.4) is 0 Å². The summed E-state index contributed by atoms with van der Waals surface area (Å²) >= 11 is 1.66. The van der Waals surface area contributed by atoms with E-state index >= 15 is 0 Å². The van der Waals surface area contributed by atoms with Gasteiger partial charge in [0.25, 0.3) is 0 Å². The van der Waals surface area contributed by atoms with Crippen molar-refractivity contribution in [2.45, 2.75) is 45.6 Å². The van der Waals surface area contributed by atoms with E-state index in [0.29, 0.717) is 0 Å². The largest absolute Gasteiger partial charge is 0.385 e. The van der Waals surface area contributed by atoms with Gasteiger partial charge in [0.1, 0.15) is 0 Å². The van der Waals surface area contributed by atoms with Crippen molar-refractivity contribution in [1.29, 1.82) is 0 Å². The van der Waals surface area contributed by atoms with Gasteiger partial charge in [-0.15, -0.1) is 11.3 Å². The lowest BCUT2D eigenvalue weighted by Crippen LogP contribution is -2.21. The molecule has 1 aromatic rings. The van der Waals surface area contributed by atoms with Crippen LogP contribution in [0.4, 0.5) is 0 Å². The van der Waals surface area contributed by atoms with Gasteiger partial charge in [-0.05, 0) is 46.7 Å². The predicted molar refractivity (Wildman–Crippen MR) is 71.5 cm³/mol. The zero-order valence-corrected chi connectivity index (χ0v) is 11.8. The molecule has 17 heavy (non-hydrogen) atoms. The van der Waals surface area contributed by atoms with Gasteiger partial charge in [0.15, 0.2) is 0 Å². The van der Waals surface area contributed by atoms with Crippen molar-refractivity contribution in [3.63, 3.8) is 0 Å². The Morgan fingerprint density at radius 3 is 2.53 bits per heavy atom. The third-order valence-electron chi connectivity index (χ3n) is 3.24. The summed E-state index contributed by atoms with van der Waals surface area (Å²) in [4.78, 5) is 8.08. The number of aliphatic hydroxyl groups is 1. The molecule has 0 spiro atoms. The molecule has 0 amide bonds. The molecular weight excluding hydrogens is 232 g/mol. The Kier molecular flexibility index (Phi) is 3.85. The normalized spacial score (nSPS) is 17.9. The quantitative estimate of drug-likeness (QED) is 0.896. The molecule has 1 aliphatic rings. The van der Waals surface area contributed by atoms with Crippen LogP contribution < -0.4 is 0 Å². The number of likely N-dealkylation sites (tertiary alicyclic amines) is 1.